The summed E-state index contributed by atoms with van der Waals surface area (Å²) >= 11 is 6.12. The first-order valence-electron chi connectivity index (χ1n) is 11.1. The van der Waals surface area contributed by atoms with Crippen LogP contribution in [0.5, 0.6) is 0 Å². The Labute approximate surface area is 200 Å². The van der Waals surface area contributed by atoms with Gasteiger partial charge in [-0.15, -0.1) is 0 Å². The summed E-state index contributed by atoms with van der Waals surface area (Å²) < 4.78 is 2.17. The number of hydrogen-bond acceptors (Lipinski definition) is 3. The topological polar surface area (TPSA) is 38.1 Å². The summed E-state index contributed by atoms with van der Waals surface area (Å²) in [7, 11) is 4.05. The molecule has 0 aliphatic carbocycles. The highest BCUT2D eigenvalue weighted by Gasteiger charge is 2.16. The van der Waals surface area contributed by atoms with Gasteiger partial charge in [0.15, 0.2) is 5.78 Å². The van der Waals surface area contributed by atoms with E-state index >= 15 is 0 Å². The van der Waals surface area contributed by atoms with Crippen LogP contribution in [0.1, 0.15) is 28.8 Å². The molecular weight excluding hydrogens is 430 g/mol. The van der Waals surface area contributed by atoms with Gasteiger partial charge in [0.1, 0.15) is 5.82 Å². The van der Waals surface area contributed by atoms with Crippen LogP contribution >= 0.6 is 11.6 Å². The van der Waals surface area contributed by atoms with Gasteiger partial charge in [-0.25, -0.2) is 4.98 Å². The van der Waals surface area contributed by atoms with Crippen molar-refractivity contribution in [3.05, 3.63) is 95.1 Å². The monoisotopic (exact) mass is 457 g/mol. The summed E-state index contributed by atoms with van der Waals surface area (Å²) in [5.41, 5.74) is 5.98. The first kappa shape index (κ1) is 23.0. The van der Waals surface area contributed by atoms with Gasteiger partial charge in [-0.05, 0) is 81.0 Å². The number of ketones is 1. The Bertz CT molecular complexity index is 1240. The lowest BCUT2D eigenvalue weighted by Crippen LogP contribution is -2.14. The van der Waals surface area contributed by atoms with E-state index in [0.717, 1.165) is 52.4 Å². The number of benzene rings is 2. The zero-order valence-corrected chi connectivity index (χ0v) is 20.0. The van der Waals surface area contributed by atoms with Crippen molar-refractivity contribution in [1.82, 2.24) is 14.5 Å². The van der Waals surface area contributed by atoms with Gasteiger partial charge in [0.25, 0.3) is 0 Å². The lowest BCUT2D eigenvalue weighted by molar-refractivity contribution is 0.0977. The minimum Gasteiger partial charge on any atom is -0.309 e. The number of halogens is 1. The van der Waals surface area contributed by atoms with Gasteiger partial charge in [0, 0.05) is 23.2 Å². The van der Waals surface area contributed by atoms with Crippen molar-refractivity contribution in [3.63, 3.8) is 0 Å². The van der Waals surface area contributed by atoms with Crippen molar-refractivity contribution in [2.24, 2.45) is 0 Å². The number of pyridine rings is 1. The molecule has 2 aromatic carbocycles. The lowest BCUT2D eigenvalue weighted by Gasteiger charge is -2.15. The molecule has 0 unspecified atom stereocenters. The van der Waals surface area contributed by atoms with Gasteiger partial charge < -0.3 is 4.90 Å². The quantitative estimate of drug-likeness (QED) is 0.276. The molecular formula is C28H28ClN3O. The predicted octanol–water partition coefficient (Wildman–Crippen LogP) is 6.69. The molecule has 0 saturated heterocycles. The second kappa shape index (κ2) is 10.2. The highest BCUT2D eigenvalue weighted by Crippen LogP contribution is 2.33. The zero-order chi connectivity index (χ0) is 23.4. The SMILES string of the molecule is Cc1cccnc1-n1c(-c2ccc(Cl)cc2)ccc1-c1ccc(C(=O)CCCN(C)C)cc1. The summed E-state index contributed by atoms with van der Waals surface area (Å²) in [6, 6.07) is 24.0. The molecule has 0 radical (unpaired) electrons. The summed E-state index contributed by atoms with van der Waals surface area (Å²) in [5.74, 6) is 1.06. The van der Waals surface area contributed by atoms with E-state index in [9.17, 15) is 4.79 Å². The second-order valence-corrected chi connectivity index (χ2v) is 8.93. The van der Waals surface area contributed by atoms with E-state index in [-0.39, 0.29) is 5.78 Å². The van der Waals surface area contributed by atoms with Crippen LogP contribution in [0, 0.1) is 6.92 Å². The molecule has 4 aromatic rings. The average Bonchev–Trinajstić information content (AvgIpc) is 3.24. The van der Waals surface area contributed by atoms with Crippen molar-refractivity contribution < 1.29 is 4.79 Å². The Kier molecular flexibility index (Phi) is 7.07. The van der Waals surface area contributed by atoms with Crippen molar-refractivity contribution in [2.45, 2.75) is 19.8 Å². The van der Waals surface area contributed by atoms with Gasteiger partial charge in [0.2, 0.25) is 0 Å². The van der Waals surface area contributed by atoms with Crippen LogP contribution in [0.2, 0.25) is 5.02 Å². The average molecular weight is 458 g/mol. The van der Waals surface area contributed by atoms with Crippen molar-refractivity contribution >= 4 is 17.4 Å². The molecule has 2 aromatic heterocycles. The maximum absolute atomic E-state index is 12.6. The number of carbonyl (C=O) groups is 1. The molecule has 0 saturated carbocycles. The van der Waals surface area contributed by atoms with Crippen LogP contribution < -0.4 is 0 Å². The van der Waals surface area contributed by atoms with Gasteiger partial charge in [0.05, 0.1) is 11.4 Å². The van der Waals surface area contributed by atoms with E-state index in [1.54, 1.807) is 0 Å². The van der Waals surface area contributed by atoms with Gasteiger partial charge >= 0.3 is 0 Å². The summed E-state index contributed by atoms with van der Waals surface area (Å²) in [6.45, 7) is 2.97. The summed E-state index contributed by atoms with van der Waals surface area (Å²) in [4.78, 5) is 19.4. The fraction of sp³-hybridized carbons (Fsp3) is 0.214. The van der Waals surface area contributed by atoms with Crippen molar-refractivity contribution in [1.29, 1.82) is 0 Å². The maximum Gasteiger partial charge on any atom is 0.162 e. The lowest BCUT2D eigenvalue weighted by atomic mass is 10.0. The van der Waals surface area contributed by atoms with E-state index in [1.165, 1.54) is 0 Å². The molecule has 0 atom stereocenters. The van der Waals surface area contributed by atoms with Crippen LogP contribution in [0.25, 0.3) is 28.3 Å². The van der Waals surface area contributed by atoms with Gasteiger partial charge in [-0.2, -0.15) is 0 Å². The van der Waals surface area contributed by atoms with E-state index in [4.69, 9.17) is 11.6 Å². The molecule has 0 N–H and O–H groups in total. The predicted molar refractivity (Wildman–Crippen MR) is 136 cm³/mol. The third kappa shape index (κ3) is 5.24. The van der Waals surface area contributed by atoms with Crippen LogP contribution in [-0.4, -0.2) is 40.9 Å². The Hall–Kier alpha value is -3.21. The van der Waals surface area contributed by atoms with Crippen molar-refractivity contribution in [3.8, 4) is 28.3 Å². The minimum atomic E-state index is 0.182. The fourth-order valence-corrected chi connectivity index (χ4v) is 4.10. The summed E-state index contributed by atoms with van der Waals surface area (Å²) in [6.07, 6.45) is 3.23. The molecule has 33 heavy (non-hydrogen) atoms. The van der Waals surface area contributed by atoms with E-state index in [0.29, 0.717) is 11.4 Å². The molecule has 5 heteroatoms. The van der Waals surface area contributed by atoms with E-state index < -0.39 is 0 Å². The van der Waals surface area contributed by atoms with E-state index in [1.807, 2.05) is 74.9 Å². The molecule has 0 bridgehead atoms. The number of aromatic nitrogens is 2. The molecule has 0 amide bonds. The second-order valence-electron chi connectivity index (χ2n) is 8.50. The van der Waals surface area contributed by atoms with Crippen LogP contribution in [0.3, 0.4) is 0 Å². The highest BCUT2D eigenvalue weighted by molar-refractivity contribution is 6.30. The standard InChI is InChI=1S/C28H28ClN3O/c1-20-6-4-18-30-28(20)32-25(16-17-26(32)22-12-14-24(29)15-13-22)21-8-10-23(11-9-21)27(33)7-5-19-31(2)3/h4,6,8-18H,5,7,19H2,1-3H3. The normalized spacial score (nSPS) is 11.2. The maximum atomic E-state index is 12.6. The number of hydrogen-bond donors (Lipinski definition) is 0. The fourth-order valence-electron chi connectivity index (χ4n) is 3.97. The number of aryl methyl sites for hydroxylation is 1. The Balaban J connectivity index is 1.71. The minimum absolute atomic E-state index is 0.182. The first-order valence-corrected chi connectivity index (χ1v) is 11.5. The van der Waals surface area contributed by atoms with Crippen LogP contribution in [0.4, 0.5) is 0 Å². The molecule has 0 fully saturated rings. The first-order chi connectivity index (χ1) is 15.9. The Morgan fingerprint density at radius 2 is 1.52 bits per heavy atom. The van der Waals surface area contributed by atoms with Crippen LogP contribution in [-0.2, 0) is 0 Å². The van der Waals surface area contributed by atoms with E-state index in [2.05, 4.69) is 39.6 Å². The zero-order valence-electron chi connectivity index (χ0n) is 19.3. The molecule has 0 aliphatic rings. The number of Topliss-reactive ketones (excluding diaryl/α,β-unsaturated/α-hetero) is 1. The smallest absolute Gasteiger partial charge is 0.162 e. The third-order valence-electron chi connectivity index (χ3n) is 5.73. The van der Waals surface area contributed by atoms with Crippen molar-refractivity contribution in [2.75, 3.05) is 20.6 Å². The molecule has 4 nitrogen and oxygen atoms in total. The number of carbonyl (C=O) groups excluding carboxylic acids is 1. The molecule has 168 valence electrons. The van der Waals surface area contributed by atoms with Gasteiger partial charge in [-0.3, -0.25) is 9.36 Å². The highest BCUT2D eigenvalue weighted by atomic mass is 35.5. The summed E-state index contributed by atoms with van der Waals surface area (Å²) in [5, 5.41) is 0.705. The Morgan fingerprint density at radius 1 is 0.909 bits per heavy atom. The Morgan fingerprint density at radius 3 is 2.09 bits per heavy atom. The van der Waals surface area contributed by atoms with Crippen LogP contribution in [0.15, 0.2) is 79.0 Å². The number of rotatable bonds is 8. The largest absolute Gasteiger partial charge is 0.309 e. The molecule has 0 spiro atoms. The molecule has 0 aliphatic heterocycles. The van der Waals surface area contributed by atoms with Gasteiger partial charge in [-0.1, -0.05) is 54.1 Å². The molecule has 2 heterocycles. The molecule has 4 rings (SSSR count). The number of nitrogens with zero attached hydrogens (tertiary/aromatic N) is 3. The third-order valence-corrected chi connectivity index (χ3v) is 5.98.